The molecule has 0 saturated carbocycles. The zero-order chi connectivity index (χ0) is 20.7. The van der Waals surface area contributed by atoms with Crippen LogP contribution in [0.5, 0.6) is 17.2 Å². The molecule has 0 heterocycles. The highest BCUT2D eigenvalue weighted by Crippen LogP contribution is 2.35. The fourth-order valence-corrected chi connectivity index (χ4v) is 2.39. The maximum absolute atomic E-state index is 12.9. The fraction of sp³-hybridized carbons (Fsp3) is 0.250. The van der Waals surface area contributed by atoms with E-state index in [-0.39, 0.29) is 18.0 Å². The normalized spacial score (nSPS) is 11.4. The van der Waals surface area contributed by atoms with Crippen LogP contribution in [-0.4, -0.2) is 26.7 Å². The minimum absolute atomic E-state index is 0.0568. The predicted octanol–water partition coefficient (Wildman–Crippen LogP) is 4.77. The molecule has 0 aromatic heterocycles. The Hall–Kier alpha value is -3.16. The van der Waals surface area contributed by atoms with Gasteiger partial charge in [0.05, 0.1) is 32.1 Å². The lowest BCUT2D eigenvalue weighted by molar-refractivity contribution is -0.137. The number of anilines is 1. The molecule has 8 heteroatoms. The summed E-state index contributed by atoms with van der Waals surface area (Å²) in [5.41, 5.74) is -0.282. The SMILES string of the molecule is CCOc1ccc(C(F)(F)F)cc1NC(=O)/C=C\c1ccc(OC)c(OC)c1. The van der Waals surface area contributed by atoms with E-state index in [9.17, 15) is 18.0 Å². The van der Waals surface area contributed by atoms with Gasteiger partial charge in [0, 0.05) is 6.08 Å². The molecule has 0 aliphatic heterocycles. The highest BCUT2D eigenvalue weighted by atomic mass is 19.4. The second-order valence-electron chi connectivity index (χ2n) is 5.58. The molecular weight excluding hydrogens is 375 g/mol. The van der Waals surface area contributed by atoms with E-state index in [4.69, 9.17) is 14.2 Å². The van der Waals surface area contributed by atoms with Crippen molar-refractivity contribution < 1.29 is 32.2 Å². The Morgan fingerprint density at radius 1 is 1.04 bits per heavy atom. The Kier molecular flexibility index (Phi) is 6.92. The van der Waals surface area contributed by atoms with Crippen LogP contribution in [0.4, 0.5) is 18.9 Å². The fourth-order valence-electron chi connectivity index (χ4n) is 2.39. The number of hydrogen-bond acceptors (Lipinski definition) is 4. The smallest absolute Gasteiger partial charge is 0.416 e. The molecule has 1 N–H and O–H groups in total. The van der Waals surface area contributed by atoms with Crippen molar-refractivity contribution in [3.05, 3.63) is 53.6 Å². The summed E-state index contributed by atoms with van der Waals surface area (Å²) < 4.78 is 54.4. The standard InChI is InChI=1S/C20H20F3NO4/c1-4-28-16-9-7-14(20(21,22)23)12-15(16)24-19(25)10-6-13-5-8-17(26-2)18(11-13)27-3/h5-12H,4H2,1-3H3,(H,24,25)/b10-6-. The molecule has 2 aromatic carbocycles. The van der Waals surface area contributed by atoms with Crippen molar-refractivity contribution in [2.24, 2.45) is 0 Å². The molecular formula is C20H20F3NO4. The Balaban J connectivity index is 2.21. The molecule has 28 heavy (non-hydrogen) atoms. The highest BCUT2D eigenvalue weighted by Gasteiger charge is 2.31. The summed E-state index contributed by atoms with van der Waals surface area (Å²) >= 11 is 0. The first kappa shape index (κ1) is 21.1. The summed E-state index contributed by atoms with van der Waals surface area (Å²) in [4.78, 5) is 12.2. The molecule has 2 aromatic rings. The summed E-state index contributed by atoms with van der Waals surface area (Å²) in [5, 5.41) is 2.42. The summed E-state index contributed by atoms with van der Waals surface area (Å²) in [6, 6.07) is 7.98. The second kappa shape index (κ2) is 9.16. The van der Waals surface area contributed by atoms with Gasteiger partial charge in [0.25, 0.3) is 0 Å². The average molecular weight is 395 g/mol. The van der Waals surface area contributed by atoms with E-state index < -0.39 is 17.6 Å². The van der Waals surface area contributed by atoms with Crippen molar-refractivity contribution in [1.29, 1.82) is 0 Å². The zero-order valence-electron chi connectivity index (χ0n) is 15.6. The Labute approximate surface area is 160 Å². The first-order valence-electron chi connectivity index (χ1n) is 8.33. The van der Waals surface area contributed by atoms with Crippen molar-refractivity contribution in [2.45, 2.75) is 13.1 Å². The number of carbonyl (C=O) groups excluding carboxylic acids is 1. The molecule has 5 nitrogen and oxygen atoms in total. The number of rotatable bonds is 7. The van der Waals surface area contributed by atoms with E-state index in [2.05, 4.69) is 5.32 Å². The van der Waals surface area contributed by atoms with Crippen LogP contribution in [0.1, 0.15) is 18.1 Å². The summed E-state index contributed by atoms with van der Waals surface area (Å²) in [7, 11) is 2.99. The number of ether oxygens (including phenoxy) is 3. The monoisotopic (exact) mass is 395 g/mol. The van der Waals surface area contributed by atoms with E-state index >= 15 is 0 Å². The summed E-state index contributed by atoms with van der Waals surface area (Å²) in [6.45, 7) is 1.94. The number of carbonyl (C=O) groups is 1. The Bertz CT molecular complexity index is 863. The second-order valence-corrected chi connectivity index (χ2v) is 5.58. The third kappa shape index (κ3) is 5.42. The first-order valence-corrected chi connectivity index (χ1v) is 8.33. The average Bonchev–Trinajstić information content (AvgIpc) is 2.66. The van der Waals surface area contributed by atoms with Crippen LogP contribution < -0.4 is 19.5 Å². The van der Waals surface area contributed by atoms with Gasteiger partial charge in [0.15, 0.2) is 11.5 Å². The quantitative estimate of drug-likeness (QED) is 0.686. The molecule has 1 amide bonds. The van der Waals surface area contributed by atoms with Crippen LogP contribution >= 0.6 is 0 Å². The van der Waals surface area contributed by atoms with Crippen molar-refractivity contribution >= 4 is 17.7 Å². The van der Waals surface area contributed by atoms with Crippen LogP contribution in [0.2, 0.25) is 0 Å². The van der Waals surface area contributed by atoms with E-state index in [0.717, 1.165) is 12.1 Å². The van der Waals surface area contributed by atoms with Crippen molar-refractivity contribution in [1.82, 2.24) is 0 Å². The molecule has 0 spiro atoms. The number of hydrogen-bond donors (Lipinski definition) is 1. The van der Waals surface area contributed by atoms with Crippen LogP contribution in [0.15, 0.2) is 42.5 Å². The van der Waals surface area contributed by atoms with E-state index in [0.29, 0.717) is 17.1 Å². The minimum atomic E-state index is -4.53. The molecule has 0 radical (unpaired) electrons. The lowest BCUT2D eigenvalue weighted by Crippen LogP contribution is -2.12. The van der Waals surface area contributed by atoms with Crippen LogP contribution in [-0.2, 0) is 11.0 Å². The predicted molar refractivity (Wildman–Crippen MR) is 99.8 cm³/mol. The largest absolute Gasteiger partial charge is 0.493 e. The van der Waals surface area contributed by atoms with Crippen LogP contribution in [0, 0.1) is 0 Å². The lowest BCUT2D eigenvalue weighted by atomic mass is 10.1. The van der Waals surface area contributed by atoms with Crippen molar-refractivity contribution in [3.63, 3.8) is 0 Å². The van der Waals surface area contributed by atoms with E-state index in [1.807, 2.05) is 0 Å². The molecule has 0 saturated heterocycles. The number of halogens is 3. The molecule has 0 fully saturated rings. The van der Waals surface area contributed by atoms with Gasteiger partial charge in [-0.25, -0.2) is 0 Å². The van der Waals surface area contributed by atoms with Gasteiger partial charge in [-0.3, -0.25) is 4.79 Å². The number of alkyl halides is 3. The molecule has 0 aliphatic carbocycles. The third-order valence-electron chi connectivity index (χ3n) is 3.70. The van der Waals surface area contributed by atoms with Crippen molar-refractivity contribution in [2.75, 3.05) is 26.1 Å². The first-order chi connectivity index (χ1) is 13.3. The maximum Gasteiger partial charge on any atom is 0.416 e. The Morgan fingerprint density at radius 3 is 2.32 bits per heavy atom. The van der Waals surface area contributed by atoms with Gasteiger partial charge in [0.1, 0.15) is 5.75 Å². The molecule has 0 bridgehead atoms. The molecule has 2 rings (SSSR count). The molecule has 0 atom stereocenters. The molecule has 0 unspecified atom stereocenters. The Morgan fingerprint density at radius 2 is 1.71 bits per heavy atom. The number of amides is 1. The summed E-state index contributed by atoms with van der Waals surface area (Å²) in [5.74, 6) is 0.578. The number of methoxy groups -OCH3 is 2. The summed E-state index contributed by atoms with van der Waals surface area (Å²) in [6.07, 6.45) is -1.82. The van der Waals surface area contributed by atoms with Gasteiger partial charge < -0.3 is 19.5 Å². The molecule has 150 valence electrons. The topological polar surface area (TPSA) is 56.8 Å². The van der Waals surface area contributed by atoms with E-state index in [1.54, 1.807) is 25.1 Å². The van der Waals surface area contributed by atoms with Gasteiger partial charge in [-0.2, -0.15) is 13.2 Å². The number of benzene rings is 2. The van der Waals surface area contributed by atoms with Crippen LogP contribution in [0.3, 0.4) is 0 Å². The van der Waals surface area contributed by atoms with Crippen LogP contribution in [0.25, 0.3) is 6.08 Å². The van der Waals surface area contributed by atoms with Gasteiger partial charge >= 0.3 is 6.18 Å². The van der Waals surface area contributed by atoms with E-state index in [1.165, 1.54) is 32.4 Å². The van der Waals surface area contributed by atoms with Crippen molar-refractivity contribution in [3.8, 4) is 17.2 Å². The zero-order valence-corrected chi connectivity index (χ0v) is 15.6. The molecule has 0 aliphatic rings. The van der Waals surface area contributed by atoms with Gasteiger partial charge in [0.2, 0.25) is 5.91 Å². The number of nitrogens with one attached hydrogen (secondary N) is 1. The minimum Gasteiger partial charge on any atom is -0.493 e. The van der Waals surface area contributed by atoms with Gasteiger partial charge in [-0.1, -0.05) is 6.07 Å². The van der Waals surface area contributed by atoms with Gasteiger partial charge in [-0.05, 0) is 48.9 Å². The third-order valence-corrected chi connectivity index (χ3v) is 3.70. The lowest BCUT2D eigenvalue weighted by Gasteiger charge is -2.14. The van der Waals surface area contributed by atoms with Gasteiger partial charge in [-0.15, -0.1) is 0 Å². The highest BCUT2D eigenvalue weighted by molar-refractivity contribution is 6.02. The maximum atomic E-state index is 12.9.